The number of nitrogens with zero attached hydrogens (tertiary/aromatic N) is 8. The van der Waals surface area contributed by atoms with Crippen LogP contribution in [0.1, 0.15) is 196 Å². The van der Waals surface area contributed by atoms with Crippen molar-refractivity contribution in [2.24, 2.45) is 0 Å². The van der Waals surface area contributed by atoms with Crippen LogP contribution in [0.25, 0.3) is 43.6 Å². The molecule has 9 heterocycles. The number of carbonyl (C=O) groups is 4. The van der Waals surface area contributed by atoms with Crippen LogP contribution in [0.5, 0.6) is 23.0 Å². The number of aromatic nitrogens is 4. The first kappa shape index (κ1) is 91.9. The second-order valence-electron chi connectivity index (χ2n) is 33.6. The first-order valence-electron chi connectivity index (χ1n) is 44.4. The molecule has 656 valence electrons. The Bertz CT molecular complexity index is 5300. The van der Waals surface area contributed by atoms with Crippen LogP contribution in [0.4, 0.5) is 13.2 Å². The van der Waals surface area contributed by atoms with Gasteiger partial charge in [0, 0.05) is 179 Å². The number of benzene rings is 7. The Morgan fingerprint density at radius 3 is 1.49 bits per heavy atom. The first-order valence-corrected chi connectivity index (χ1v) is 46.0. The Hall–Kier alpha value is -8.77. The van der Waals surface area contributed by atoms with Gasteiger partial charge in [-0.1, -0.05) is 132 Å². The number of para-hydroxylation sites is 4. The molecule has 0 spiro atoms. The number of likely N-dealkylation sites (tertiary alicyclic amines) is 3. The number of methoxy groups -OCH3 is 2. The number of unbranched alkanes of at least 4 members (excludes halogenated alkanes) is 1. The normalized spacial score (nSPS) is 17.6. The van der Waals surface area contributed by atoms with Gasteiger partial charge in [-0.2, -0.15) is 13.2 Å². The molecule has 17 nitrogen and oxygen atoms in total. The maximum atomic E-state index is 13.1. The third kappa shape index (κ3) is 24.3. The van der Waals surface area contributed by atoms with Gasteiger partial charge in [0.25, 0.3) is 5.78 Å². The smallest absolute Gasteiger partial charge is 0.454 e. The standard InChI is InChI=1S/C28H35ClN2O3.C26H26ClF3N2O2.C25H30N2O2.C21H29BrN2O2/c1-3-4-9-27(32)24-20-31(26-12-11-22(33-2)19-23(24)26)16-7-15-30-17-13-21(14-18-30)34-28-10-6-5-8-25(28)29;27-17-6-10-20(11-7-17)34-21-14-18-8-9-19(15-21)32(18)13-3-12-31-16-23(25(33)26(28,29)30)22-4-1-2-5-24(22)31;1-19(28)23-18-27(24-10-5-3-9-22(23)24)15-7-14-26-16-12-20(13-17-26)21-8-4-6-11-25(21)29-2;1-3-13-26-18-7-11-23(12-8-18)9-4-10-24-15-20(16(2)25)19-6-5-17(22)14-21(19)24/h5-6,8,10-12,19-21H,3-4,7,9,13-18H2,1-2H3;1-2,4-7,10-11,16,18-19,21H,3,8-9,12-15H2;3-6,8-11,18,20H,7,12-17H2,1-2H3;5-6,14-15,18H,3-4,7-13H2,1-2H3. The number of piperidine rings is 4. The number of aryl methyl sites for hydroxylation is 4. The highest BCUT2D eigenvalue weighted by atomic mass is 79.9. The van der Waals surface area contributed by atoms with Crippen LogP contribution in [0.2, 0.25) is 10.0 Å². The Morgan fingerprint density at radius 2 is 0.935 bits per heavy atom. The van der Waals surface area contributed by atoms with Crippen LogP contribution >= 0.6 is 39.1 Å². The van der Waals surface area contributed by atoms with Gasteiger partial charge in [0.1, 0.15) is 35.2 Å². The summed E-state index contributed by atoms with van der Waals surface area (Å²) in [6.07, 6.45) is 22.0. The molecule has 4 aromatic heterocycles. The van der Waals surface area contributed by atoms with Crippen molar-refractivity contribution in [2.75, 3.05) is 86.3 Å². The minimum absolute atomic E-state index is 0.130. The lowest BCUT2D eigenvalue weighted by molar-refractivity contribution is -0.0884. The minimum Gasteiger partial charge on any atom is -0.497 e. The fraction of sp³-hybridized carbons (Fsp3) is 0.460. The van der Waals surface area contributed by atoms with Crippen molar-refractivity contribution in [2.45, 2.75) is 212 Å². The van der Waals surface area contributed by atoms with E-state index in [-0.39, 0.29) is 35.1 Å². The molecular formula is C100H120BrCl2F3N8O9. The number of fused-ring (bicyclic) bond motifs is 6. The van der Waals surface area contributed by atoms with E-state index in [9.17, 15) is 32.3 Å². The first-order chi connectivity index (χ1) is 59.6. The summed E-state index contributed by atoms with van der Waals surface area (Å²) in [6.45, 7) is 22.5. The van der Waals surface area contributed by atoms with Gasteiger partial charge in [-0.05, 0) is 246 Å². The Balaban J connectivity index is 0.000000142. The summed E-state index contributed by atoms with van der Waals surface area (Å²) in [4.78, 5) is 58.8. The zero-order valence-electron chi connectivity index (χ0n) is 72.1. The highest BCUT2D eigenvalue weighted by Crippen LogP contribution is 2.40. The second-order valence-corrected chi connectivity index (χ2v) is 35.3. The molecule has 5 saturated heterocycles. The van der Waals surface area contributed by atoms with E-state index in [0.717, 1.165) is 265 Å². The fourth-order valence-electron chi connectivity index (χ4n) is 18.7. The van der Waals surface area contributed by atoms with Gasteiger partial charge in [-0.3, -0.25) is 24.1 Å². The third-order valence-corrected chi connectivity index (χ3v) is 26.2. The maximum absolute atomic E-state index is 13.1. The molecule has 2 bridgehead atoms. The van der Waals surface area contributed by atoms with Crippen LogP contribution in [-0.2, 0) is 30.9 Å². The van der Waals surface area contributed by atoms with Gasteiger partial charge >= 0.3 is 6.18 Å². The molecular weight excluding hydrogens is 1660 g/mol. The predicted octanol–water partition coefficient (Wildman–Crippen LogP) is 23.1. The predicted molar refractivity (Wildman–Crippen MR) is 492 cm³/mol. The van der Waals surface area contributed by atoms with Crippen molar-refractivity contribution in [3.8, 4) is 23.0 Å². The summed E-state index contributed by atoms with van der Waals surface area (Å²) >= 11 is 15.7. The topological polar surface area (TPSA) is 147 Å². The van der Waals surface area contributed by atoms with Gasteiger partial charge in [0.15, 0.2) is 17.3 Å². The van der Waals surface area contributed by atoms with Gasteiger partial charge in [0.2, 0.25) is 0 Å². The lowest BCUT2D eigenvalue weighted by Crippen LogP contribution is -2.46. The molecule has 123 heavy (non-hydrogen) atoms. The van der Waals surface area contributed by atoms with Crippen LogP contribution in [0.15, 0.2) is 187 Å². The SMILES string of the molecule is CCCCC(=O)c1cn(CCCN2CCC(Oc3ccccc3Cl)CC2)c2ccc(OC)cc12.CCCOC1CCN(CCCn2cc(C(C)=O)c3ccc(Br)cc32)CC1.COc1ccccc1C1CCN(CCCn2cc(C(C)=O)c3ccccc32)CC1.O=C(c1cn(CCCN2C3CCC2CC(Oc2ccc(Cl)cc2)C3)c2ccccc12)C(F)(F)F. The van der Waals surface area contributed by atoms with Crippen molar-refractivity contribution in [1.29, 1.82) is 0 Å². The zero-order valence-corrected chi connectivity index (χ0v) is 75.2. The molecule has 11 aromatic rings. The summed E-state index contributed by atoms with van der Waals surface area (Å²) in [6, 6.07) is 51.7. The van der Waals surface area contributed by atoms with Crippen molar-refractivity contribution in [1.82, 2.24) is 37.9 Å². The molecule has 0 N–H and O–H groups in total. The molecule has 0 amide bonds. The van der Waals surface area contributed by atoms with Crippen LogP contribution in [0.3, 0.4) is 0 Å². The number of hydrogen-bond acceptors (Lipinski definition) is 13. The average Bonchev–Trinajstić information content (AvgIpc) is 1.66. The summed E-state index contributed by atoms with van der Waals surface area (Å²) in [7, 11) is 3.43. The summed E-state index contributed by atoms with van der Waals surface area (Å²) in [5.41, 5.74) is 7.61. The largest absolute Gasteiger partial charge is 0.497 e. The fourth-order valence-corrected chi connectivity index (χ4v) is 19.4. The van der Waals surface area contributed by atoms with Crippen LogP contribution in [-0.4, -0.2) is 184 Å². The van der Waals surface area contributed by atoms with Gasteiger partial charge < -0.3 is 56.7 Å². The Labute approximate surface area is 741 Å². The van der Waals surface area contributed by atoms with Crippen molar-refractivity contribution in [3.05, 3.63) is 225 Å². The molecule has 0 saturated carbocycles. The van der Waals surface area contributed by atoms with Crippen LogP contribution < -0.4 is 18.9 Å². The van der Waals surface area contributed by atoms with E-state index in [2.05, 4.69) is 99.5 Å². The maximum Gasteiger partial charge on any atom is 0.454 e. The monoisotopic (exact) mass is 1780 g/mol. The Kier molecular flexibility index (Phi) is 33.2. The zero-order chi connectivity index (χ0) is 86.5. The number of rotatable bonds is 33. The molecule has 5 aliphatic heterocycles. The highest BCUT2D eigenvalue weighted by Gasteiger charge is 2.43. The molecule has 23 heteroatoms. The number of carbonyl (C=O) groups excluding carboxylic acids is 4. The lowest BCUT2D eigenvalue weighted by Gasteiger charge is -2.39. The third-order valence-electron chi connectivity index (χ3n) is 25.1. The molecule has 2 unspecified atom stereocenters. The summed E-state index contributed by atoms with van der Waals surface area (Å²) < 4.78 is 77.9. The molecule has 0 aliphatic carbocycles. The number of alkyl halides is 3. The van der Waals surface area contributed by atoms with Crippen molar-refractivity contribution in [3.63, 3.8) is 0 Å². The Morgan fingerprint density at radius 1 is 0.447 bits per heavy atom. The van der Waals surface area contributed by atoms with Gasteiger partial charge in [-0.15, -0.1) is 0 Å². The van der Waals surface area contributed by atoms with E-state index in [1.54, 1.807) is 56.9 Å². The number of ketones is 4. The second kappa shape index (κ2) is 44.4. The molecule has 7 aromatic carbocycles. The van der Waals surface area contributed by atoms with E-state index in [1.807, 2.05) is 116 Å². The molecule has 5 aliphatic rings. The minimum atomic E-state index is -4.88. The lowest BCUT2D eigenvalue weighted by atomic mass is 9.89. The van der Waals surface area contributed by atoms with Crippen LogP contribution in [0, 0.1) is 0 Å². The van der Waals surface area contributed by atoms with E-state index in [0.29, 0.717) is 58.0 Å². The molecule has 0 radical (unpaired) electrons. The quantitative estimate of drug-likeness (QED) is 0.0360. The highest BCUT2D eigenvalue weighted by molar-refractivity contribution is 9.10. The summed E-state index contributed by atoms with van der Waals surface area (Å²) in [5.74, 6) is 2.72. The molecule has 2 atom stereocenters. The summed E-state index contributed by atoms with van der Waals surface area (Å²) in [5, 5.41) is 4.83. The van der Waals surface area contributed by atoms with Gasteiger partial charge in [-0.25, -0.2) is 0 Å². The number of ether oxygens (including phenoxy) is 5. The van der Waals surface area contributed by atoms with Crippen molar-refractivity contribution >= 4 is 106 Å². The molecule has 16 rings (SSSR count). The number of halogens is 6. The van der Waals surface area contributed by atoms with E-state index >= 15 is 0 Å². The van der Waals surface area contributed by atoms with E-state index in [1.165, 1.54) is 24.6 Å². The number of Topliss-reactive ketones (excluding diaryl/α,β-unsaturated/α-hetero) is 4. The van der Waals surface area contributed by atoms with Gasteiger partial charge in [0.05, 0.1) is 30.9 Å². The number of hydrogen-bond donors (Lipinski definition) is 0. The molecule has 5 fully saturated rings. The van der Waals surface area contributed by atoms with E-state index in [4.69, 9.17) is 46.9 Å². The van der Waals surface area contributed by atoms with E-state index < -0.39 is 12.0 Å². The average molecular weight is 1790 g/mol. The van der Waals surface area contributed by atoms with Crippen molar-refractivity contribution < 1.29 is 56.0 Å².